The minimum absolute atomic E-state index is 0. The molecule has 0 atom stereocenters. The van der Waals surface area contributed by atoms with Crippen LogP contribution in [0.2, 0.25) is 0 Å². The fourth-order valence-electron chi connectivity index (χ4n) is 0.427. The van der Waals surface area contributed by atoms with Crippen LogP contribution in [0.4, 0.5) is 0 Å². The molecule has 0 aromatic heterocycles. The molecule has 0 nitrogen and oxygen atoms in total. The van der Waals surface area contributed by atoms with Gasteiger partial charge in [0, 0.05) is 12.8 Å². The van der Waals surface area contributed by atoms with Crippen molar-refractivity contribution in [2.75, 3.05) is 0 Å². The third-order valence-corrected chi connectivity index (χ3v) is 0.875. The van der Waals surface area contributed by atoms with Gasteiger partial charge in [0.05, 0.1) is 0 Å². The van der Waals surface area contributed by atoms with Crippen molar-refractivity contribution < 1.29 is 0 Å². The van der Waals surface area contributed by atoms with E-state index in [0.717, 1.165) is 12.8 Å². The van der Waals surface area contributed by atoms with Gasteiger partial charge in [-0.25, -0.2) is 0 Å². The van der Waals surface area contributed by atoms with Gasteiger partial charge in [0.1, 0.15) is 0 Å². The van der Waals surface area contributed by atoms with Gasteiger partial charge in [-0.15, -0.1) is 11.8 Å². The first-order valence-electron chi connectivity index (χ1n) is 3.37. The van der Waals surface area contributed by atoms with E-state index in [-0.39, 0.29) is 7.43 Å². The second kappa shape index (κ2) is 10.5. The van der Waals surface area contributed by atoms with Crippen molar-refractivity contribution in [1.29, 1.82) is 0 Å². The van der Waals surface area contributed by atoms with Crippen molar-refractivity contribution in [1.82, 2.24) is 0 Å². The summed E-state index contributed by atoms with van der Waals surface area (Å²) in [6.07, 6.45) is 4.52. The monoisotopic (exact) mass is 126 g/mol. The van der Waals surface area contributed by atoms with Gasteiger partial charge < -0.3 is 0 Å². The first-order valence-corrected chi connectivity index (χ1v) is 3.37. The summed E-state index contributed by atoms with van der Waals surface area (Å²) >= 11 is 0. The second-order valence-corrected chi connectivity index (χ2v) is 1.85. The Morgan fingerprint density at radius 2 is 1.22 bits per heavy atom. The molecule has 0 aromatic carbocycles. The van der Waals surface area contributed by atoms with E-state index in [9.17, 15) is 0 Å². The minimum Gasteiger partial charge on any atom is -0.103 e. The largest absolute Gasteiger partial charge is 0.103 e. The molecule has 0 amide bonds. The fraction of sp³-hybridized carbons (Fsp3) is 0.778. The molecule has 0 unspecified atom stereocenters. The van der Waals surface area contributed by atoms with Crippen LogP contribution in [0.1, 0.15) is 47.0 Å². The van der Waals surface area contributed by atoms with Gasteiger partial charge in [-0.1, -0.05) is 21.3 Å². The third-order valence-electron chi connectivity index (χ3n) is 0.875. The molecule has 0 aliphatic rings. The van der Waals surface area contributed by atoms with Crippen molar-refractivity contribution in [2.45, 2.75) is 47.0 Å². The molecule has 0 bridgehead atoms. The highest BCUT2D eigenvalue weighted by molar-refractivity contribution is 4.97. The van der Waals surface area contributed by atoms with Crippen LogP contribution in [0.25, 0.3) is 0 Å². The average molecular weight is 126 g/mol. The van der Waals surface area contributed by atoms with E-state index in [1.165, 1.54) is 12.8 Å². The molecular formula is C9H18. The van der Waals surface area contributed by atoms with Crippen molar-refractivity contribution in [3.05, 3.63) is 0 Å². The highest BCUT2D eigenvalue weighted by Crippen LogP contribution is 1.85. The predicted molar refractivity (Wildman–Crippen MR) is 44.3 cm³/mol. The summed E-state index contributed by atoms with van der Waals surface area (Å²) in [6, 6.07) is 0. The fourth-order valence-corrected chi connectivity index (χ4v) is 0.427. The Morgan fingerprint density at radius 3 is 1.44 bits per heavy atom. The van der Waals surface area contributed by atoms with Crippen molar-refractivity contribution in [3.8, 4) is 11.8 Å². The summed E-state index contributed by atoms with van der Waals surface area (Å²) < 4.78 is 0. The second-order valence-electron chi connectivity index (χ2n) is 1.85. The van der Waals surface area contributed by atoms with Gasteiger partial charge in [-0.05, 0) is 12.8 Å². The van der Waals surface area contributed by atoms with Crippen molar-refractivity contribution in [2.24, 2.45) is 0 Å². The molecule has 0 aliphatic heterocycles. The molecule has 0 heteroatoms. The Labute approximate surface area is 59.7 Å². The Morgan fingerprint density at radius 1 is 0.889 bits per heavy atom. The van der Waals surface area contributed by atoms with Crippen molar-refractivity contribution in [3.63, 3.8) is 0 Å². The quantitative estimate of drug-likeness (QED) is 0.498. The number of rotatable bonds is 2. The Hall–Kier alpha value is -0.440. The summed E-state index contributed by atoms with van der Waals surface area (Å²) in [6.45, 7) is 4.31. The van der Waals surface area contributed by atoms with E-state index in [2.05, 4.69) is 25.7 Å². The molecule has 0 heterocycles. The highest BCUT2D eigenvalue weighted by atomic mass is 13.7. The Kier molecular flexibility index (Phi) is 13.3. The summed E-state index contributed by atoms with van der Waals surface area (Å²) in [5.74, 6) is 6.17. The summed E-state index contributed by atoms with van der Waals surface area (Å²) in [4.78, 5) is 0. The molecule has 0 aromatic rings. The van der Waals surface area contributed by atoms with Crippen LogP contribution in [-0.2, 0) is 0 Å². The lowest BCUT2D eigenvalue weighted by Crippen LogP contribution is -1.63. The van der Waals surface area contributed by atoms with Crippen LogP contribution in [0, 0.1) is 11.8 Å². The van der Waals surface area contributed by atoms with E-state index >= 15 is 0 Å². The van der Waals surface area contributed by atoms with Gasteiger partial charge in [0.25, 0.3) is 0 Å². The molecule has 9 heavy (non-hydrogen) atoms. The molecule has 0 saturated heterocycles. The summed E-state index contributed by atoms with van der Waals surface area (Å²) in [7, 11) is 0. The first-order chi connectivity index (χ1) is 3.91. The maximum atomic E-state index is 3.09. The lowest BCUT2D eigenvalue weighted by atomic mass is 10.3. The summed E-state index contributed by atoms with van der Waals surface area (Å²) in [5, 5.41) is 0. The molecule has 0 aliphatic carbocycles. The average Bonchev–Trinajstić information content (AvgIpc) is 1.81. The van der Waals surface area contributed by atoms with E-state index in [1.807, 2.05) is 0 Å². The topological polar surface area (TPSA) is 0 Å². The van der Waals surface area contributed by atoms with Gasteiger partial charge in [-0.2, -0.15) is 0 Å². The van der Waals surface area contributed by atoms with Gasteiger partial charge in [0.2, 0.25) is 0 Å². The lowest BCUT2D eigenvalue weighted by molar-refractivity contribution is 0.961. The molecule has 54 valence electrons. The van der Waals surface area contributed by atoms with E-state index in [1.54, 1.807) is 0 Å². The SMILES string of the molecule is C.CCCC#CCCC. The predicted octanol–water partition coefficient (Wildman–Crippen LogP) is 3.23. The van der Waals surface area contributed by atoms with Crippen LogP contribution < -0.4 is 0 Å². The smallest absolute Gasteiger partial charge is 0.00860 e. The maximum Gasteiger partial charge on any atom is 0.00860 e. The molecule has 0 radical (unpaired) electrons. The van der Waals surface area contributed by atoms with Gasteiger partial charge in [0.15, 0.2) is 0 Å². The first kappa shape index (κ1) is 11.4. The Bertz CT molecular complexity index is 71.9. The zero-order valence-electron chi connectivity index (χ0n) is 5.83. The molecule has 0 saturated carbocycles. The van der Waals surface area contributed by atoms with E-state index in [0.29, 0.717) is 0 Å². The lowest BCUT2D eigenvalue weighted by Gasteiger charge is -1.78. The maximum absolute atomic E-state index is 3.09. The van der Waals surface area contributed by atoms with E-state index in [4.69, 9.17) is 0 Å². The van der Waals surface area contributed by atoms with Crippen LogP contribution >= 0.6 is 0 Å². The molecule has 0 rings (SSSR count). The highest BCUT2D eigenvalue weighted by Gasteiger charge is 1.69. The molecule has 0 N–H and O–H groups in total. The standard InChI is InChI=1S/C8H14.CH4/c1-3-5-7-8-6-4-2;/h3-6H2,1-2H3;1H4. The zero-order chi connectivity index (χ0) is 6.24. The number of unbranched alkanes of at least 4 members (excludes halogenated alkanes) is 2. The number of hydrogen-bond acceptors (Lipinski definition) is 0. The normalized spacial score (nSPS) is 6.89. The van der Waals surface area contributed by atoms with Crippen molar-refractivity contribution >= 4 is 0 Å². The van der Waals surface area contributed by atoms with Gasteiger partial charge >= 0.3 is 0 Å². The number of hydrogen-bond donors (Lipinski definition) is 0. The zero-order valence-corrected chi connectivity index (χ0v) is 5.83. The summed E-state index contributed by atoms with van der Waals surface area (Å²) in [5.41, 5.74) is 0. The van der Waals surface area contributed by atoms with Crippen LogP contribution in [0.3, 0.4) is 0 Å². The molecule has 0 spiro atoms. The van der Waals surface area contributed by atoms with Crippen LogP contribution in [-0.4, -0.2) is 0 Å². The minimum atomic E-state index is 0. The van der Waals surface area contributed by atoms with Crippen LogP contribution in [0.15, 0.2) is 0 Å². The third kappa shape index (κ3) is 11.2. The van der Waals surface area contributed by atoms with Gasteiger partial charge in [-0.3, -0.25) is 0 Å². The van der Waals surface area contributed by atoms with E-state index < -0.39 is 0 Å². The molecular weight excluding hydrogens is 108 g/mol. The Balaban J connectivity index is 0. The van der Waals surface area contributed by atoms with Crippen LogP contribution in [0.5, 0.6) is 0 Å². The molecule has 0 fully saturated rings.